The molecule has 8 heteroatoms. The second-order valence-electron chi connectivity index (χ2n) is 6.17. The van der Waals surface area contributed by atoms with Crippen molar-refractivity contribution >= 4 is 5.91 Å². The molecule has 2 atom stereocenters. The average Bonchev–Trinajstić information content (AvgIpc) is 2.88. The van der Waals surface area contributed by atoms with Crippen molar-refractivity contribution in [3.05, 3.63) is 34.2 Å². The fraction of sp³-hybridized carbons (Fsp3) is 0.600. The van der Waals surface area contributed by atoms with E-state index in [1.165, 1.54) is 23.1 Å². The Labute approximate surface area is 131 Å². The third-order valence-electron chi connectivity index (χ3n) is 4.54. The van der Waals surface area contributed by atoms with Crippen LogP contribution >= 0.6 is 0 Å². The van der Waals surface area contributed by atoms with Gasteiger partial charge in [0.25, 0.3) is 11.8 Å². The van der Waals surface area contributed by atoms with Crippen molar-refractivity contribution in [2.75, 3.05) is 26.2 Å². The number of aliphatic hydroxyl groups excluding tert-OH is 1. The van der Waals surface area contributed by atoms with Gasteiger partial charge in [0.1, 0.15) is 5.69 Å². The maximum Gasteiger partial charge on any atom is 0.270 e. The largest absolute Gasteiger partial charge is 0.390 e. The number of hydrogen-bond acceptors (Lipinski definition) is 4. The van der Waals surface area contributed by atoms with Crippen LogP contribution < -0.4 is 5.56 Å². The topological polar surface area (TPSA) is 76.6 Å². The van der Waals surface area contributed by atoms with E-state index >= 15 is 0 Å². The van der Waals surface area contributed by atoms with Gasteiger partial charge in [0.2, 0.25) is 5.56 Å². The van der Waals surface area contributed by atoms with E-state index in [1.54, 1.807) is 0 Å². The van der Waals surface area contributed by atoms with Gasteiger partial charge in [-0.25, -0.2) is 8.78 Å². The van der Waals surface area contributed by atoms with Gasteiger partial charge in [-0.3, -0.25) is 14.5 Å². The molecule has 1 aromatic heterocycles. The minimum absolute atomic E-state index is 0.132. The third kappa shape index (κ3) is 3.42. The minimum atomic E-state index is -2.64. The summed E-state index contributed by atoms with van der Waals surface area (Å²) in [6.45, 7) is 0.813. The van der Waals surface area contributed by atoms with Crippen molar-refractivity contribution in [1.82, 2.24) is 14.8 Å². The number of nitrogens with zero attached hydrogens (tertiary/aromatic N) is 2. The van der Waals surface area contributed by atoms with Crippen molar-refractivity contribution in [2.45, 2.75) is 30.9 Å². The molecule has 0 bridgehead atoms. The molecule has 0 unspecified atom stereocenters. The number of amides is 1. The molecule has 1 amide bonds. The first kappa shape index (κ1) is 16.1. The van der Waals surface area contributed by atoms with Crippen LogP contribution in [0.1, 0.15) is 23.3 Å². The van der Waals surface area contributed by atoms with Crippen LogP contribution in [0.5, 0.6) is 0 Å². The van der Waals surface area contributed by atoms with Gasteiger partial charge in [0.15, 0.2) is 0 Å². The van der Waals surface area contributed by atoms with E-state index in [0.29, 0.717) is 0 Å². The Kier molecular flexibility index (Phi) is 4.20. The summed E-state index contributed by atoms with van der Waals surface area (Å²) in [5.74, 6) is -3.01. The first-order valence-electron chi connectivity index (χ1n) is 7.64. The maximum absolute atomic E-state index is 13.2. The summed E-state index contributed by atoms with van der Waals surface area (Å²) in [6.07, 6.45) is -1.23. The number of β-amino-alcohol motifs (C(OH)–C–C–N with tert-alkyl or cyclic N) is 1. The number of hydrogen-bond donors (Lipinski definition) is 2. The number of rotatable bonds is 2. The lowest BCUT2D eigenvalue weighted by atomic mass is 10.0. The summed E-state index contributed by atoms with van der Waals surface area (Å²) in [5.41, 5.74) is -0.207. The quantitative estimate of drug-likeness (QED) is 0.819. The fourth-order valence-corrected chi connectivity index (χ4v) is 3.22. The molecule has 2 fully saturated rings. The summed E-state index contributed by atoms with van der Waals surface area (Å²) < 4.78 is 26.5. The Balaban J connectivity index is 1.67. The summed E-state index contributed by atoms with van der Waals surface area (Å²) in [5, 5.41) is 10.2. The van der Waals surface area contributed by atoms with Crippen LogP contribution in [0.15, 0.2) is 23.0 Å². The van der Waals surface area contributed by atoms with Crippen molar-refractivity contribution in [3.8, 4) is 0 Å². The van der Waals surface area contributed by atoms with E-state index in [4.69, 9.17) is 0 Å². The molecule has 2 saturated heterocycles. The van der Waals surface area contributed by atoms with E-state index in [9.17, 15) is 23.5 Å². The van der Waals surface area contributed by atoms with Crippen molar-refractivity contribution < 1.29 is 18.7 Å². The zero-order valence-electron chi connectivity index (χ0n) is 12.5. The van der Waals surface area contributed by atoms with Crippen LogP contribution in [0.25, 0.3) is 0 Å². The molecule has 2 aliphatic heterocycles. The van der Waals surface area contributed by atoms with Gasteiger partial charge in [-0.2, -0.15) is 0 Å². The summed E-state index contributed by atoms with van der Waals surface area (Å²) in [7, 11) is 0. The molecule has 0 saturated carbocycles. The van der Waals surface area contributed by atoms with Crippen LogP contribution in [-0.2, 0) is 0 Å². The lowest BCUT2D eigenvalue weighted by Gasteiger charge is -2.36. The molecular weight excluding hydrogens is 308 g/mol. The molecule has 6 nitrogen and oxygen atoms in total. The number of halogens is 2. The number of aliphatic hydroxyl groups is 1. The number of H-pyrrole nitrogens is 1. The molecule has 23 heavy (non-hydrogen) atoms. The number of likely N-dealkylation sites (tertiary alicyclic amines) is 2. The van der Waals surface area contributed by atoms with E-state index in [2.05, 4.69) is 4.98 Å². The number of alkyl halides is 2. The Morgan fingerprint density at radius 2 is 1.96 bits per heavy atom. The van der Waals surface area contributed by atoms with Crippen LogP contribution in [-0.4, -0.2) is 70.0 Å². The van der Waals surface area contributed by atoms with Gasteiger partial charge in [0.05, 0.1) is 12.1 Å². The average molecular weight is 327 g/mol. The molecular formula is C15H19F2N3O3. The summed E-state index contributed by atoms with van der Waals surface area (Å²) in [6, 6.07) is 3.96. The smallest absolute Gasteiger partial charge is 0.270 e. The zero-order valence-corrected chi connectivity index (χ0v) is 12.5. The number of carbonyl (C=O) groups is 1. The Morgan fingerprint density at radius 3 is 2.61 bits per heavy atom. The van der Waals surface area contributed by atoms with Gasteiger partial charge in [0, 0.05) is 45.1 Å². The molecule has 2 N–H and O–H groups in total. The molecule has 0 aliphatic carbocycles. The lowest BCUT2D eigenvalue weighted by molar-refractivity contribution is -0.0697. The number of aromatic nitrogens is 1. The highest BCUT2D eigenvalue weighted by Crippen LogP contribution is 2.30. The number of carbonyl (C=O) groups excluding carboxylic acids is 1. The Hall–Kier alpha value is -1.80. The second kappa shape index (κ2) is 6.01. The van der Waals surface area contributed by atoms with Gasteiger partial charge >= 0.3 is 0 Å². The normalized spacial score (nSPS) is 28.0. The highest BCUT2D eigenvalue weighted by atomic mass is 19.3. The summed E-state index contributed by atoms with van der Waals surface area (Å²) >= 11 is 0. The Bertz CT molecular complexity index is 639. The molecule has 126 valence electrons. The molecule has 3 heterocycles. The number of aromatic amines is 1. The molecule has 0 radical (unpaired) electrons. The number of pyridine rings is 1. The van der Waals surface area contributed by atoms with Gasteiger partial charge < -0.3 is 15.0 Å². The van der Waals surface area contributed by atoms with Gasteiger partial charge in [-0.15, -0.1) is 0 Å². The van der Waals surface area contributed by atoms with E-state index in [1.807, 2.05) is 4.90 Å². The van der Waals surface area contributed by atoms with Crippen LogP contribution in [0, 0.1) is 0 Å². The molecule has 1 aromatic rings. The zero-order chi connectivity index (χ0) is 16.6. The first-order chi connectivity index (χ1) is 10.9. The number of piperidine rings is 1. The van der Waals surface area contributed by atoms with Crippen LogP contribution in [0.4, 0.5) is 8.78 Å². The standard InChI is InChI=1S/C15H19F2N3O3/c16-15(17)4-6-19(7-5-15)11-8-20(9-12(11)21)14(23)10-2-1-3-13(22)18-10/h1-3,11-12,21H,4-9H2,(H,18,22)/t11-,12-/m1/s1. The maximum atomic E-state index is 13.2. The molecule has 3 rings (SSSR count). The van der Waals surface area contributed by atoms with Crippen LogP contribution in [0.3, 0.4) is 0 Å². The van der Waals surface area contributed by atoms with E-state index in [0.717, 1.165) is 0 Å². The molecule has 0 aromatic carbocycles. The number of nitrogens with one attached hydrogen (secondary N) is 1. The van der Waals surface area contributed by atoms with Gasteiger partial charge in [-0.05, 0) is 6.07 Å². The molecule has 0 spiro atoms. The summed E-state index contributed by atoms with van der Waals surface area (Å²) in [4.78, 5) is 29.4. The van der Waals surface area contributed by atoms with Crippen molar-refractivity contribution in [2.24, 2.45) is 0 Å². The van der Waals surface area contributed by atoms with E-state index < -0.39 is 12.0 Å². The Morgan fingerprint density at radius 1 is 1.26 bits per heavy atom. The fourth-order valence-electron chi connectivity index (χ4n) is 3.22. The minimum Gasteiger partial charge on any atom is -0.390 e. The van der Waals surface area contributed by atoms with E-state index in [-0.39, 0.29) is 62.2 Å². The van der Waals surface area contributed by atoms with Crippen molar-refractivity contribution in [1.29, 1.82) is 0 Å². The lowest BCUT2D eigenvalue weighted by Crippen LogP contribution is -2.49. The first-order valence-corrected chi connectivity index (χ1v) is 7.64. The monoisotopic (exact) mass is 327 g/mol. The predicted octanol–water partition coefficient (Wildman–Crippen LogP) is 0.291. The van der Waals surface area contributed by atoms with Gasteiger partial charge in [-0.1, -0.05) is 6.07 Å². The third-order valence-corrected chi connectivity index (χ3v) is 4.54. The highest BCUT2D eigenvalue weighted by Gasteiger charge is 2.42. The second-order valence-corrected chi connectivity index (χ2v) is 6.17. The predicted molar refractivity (Wildman–Crippen MR) is 78.5 cm³/mol. The SMILES string of the molecule is O=C(c1cccc(=O)[nH]1)N1C[C@@H](O)[C@H](N2CCC(F)(F)CC2)C1. The van der Waals surface area contributed by atoms with Crippen LogP contribution in [0.2, 0.25) is 0 Å². The molecule has 2 aliphatic rings. The van der Waals surface area contributed by atoms with Crippen molar-refractivity contribution in [3.63, 3.8) is 0 Å². The highest BCUT2D eigenvalue weighted by molar-refractivity contribution is 5.92.